The Balaban J connectivity index is 0.000000500. The zero-order valence-electron chi connectivity index (χ0n) is 5.93. The Labute approximate surface area is 64.5 Å². The summed E-state index contributed by atoms with van der Waals surface area (Å²) in [6.07, 6.45) is 0. The molecule has 1 atom stereocenters. The van der Waals surface area contributed by atoms with Gasteiger partial charge in [0.15, 0.2) is 0 Å². The molecule has 1 nitrogen and oxygen atoms in total. The zero-order valence-corrected chi connectivity index (χ0v) is 7.34. The lowest BCUT2D eigenvalue weighted by Crippen LogP contribution is -1.99. The van der Waals surface area contributed by atoms with E-state index in [2.05, 4.69) is 29.6 Å². The highest BCUT2D eigenvalue weighted by Crippen LogP contribution is 2.12. The molecule has 1 aliphatic heterocycles. The van der Waals surface area contributed by atoms with Gasteiger partial charge in [-0.15, -0.1) is 0 Å². The van der Waals surface area contributed by atoms with Gasteiger partial charge in [0, 0.05) is 13.1 Å². The minimum Gasteiger partial charge on any atom is -0.309 e. The third-order valence-corrected chi connectivity index (χ3v) is 1.75. The van der Waals surface area contributed by atoms with Gasteiger partial charge < -0.3 is 5.32 Å². The second kappa shape index (κ2) is 3.14. The van der Waals surface area contributed by atoms with Crippen molar-refractivity contribution in [1.82, 2.24) is 5.32 Å². The van der Waals surface area contributed by atoms with Crippen molar-refractivity contribution in [3.8, 4) is 0 Å². The van der Waals surface area contributed by atoms with E-state index < -0.39 is 0 Å². The topological polar surface area (TPSA) is 12.0 Å². The fourth-order valence-electron chi connectivity index (χ4n) is 1.23. The lowest BCUT2D eigenvalue weighted by atomic mass is 10.1. The maximum atomic E-state index is 3.29. The van der Waals surface area contributed by atoms with Crippen LogP contribution in [-0.4, -0.2) is 0 Å². The molecule has 0 spiro atoms. The van der Waals surface area contributed by atoms with Gasteiger partial charge in [0.1, 0.15) is 0 Å². The first-order valence-electron chi connectivity index (χ1n) is 3.24. The van der Waals surface area contributed by atoms with Gasteiger partial charge in [0.25, 0.3) is 0 Å². The predicted octanol–water partition coefficient (Wildman–Crippen LogP) is 1.35. The summed E-state index contributed by atoms with van der Waals surface area (Å²) in [6, 6.07) is 8.53. The summed E-state index contributed by atoms with van der Waals surface area (Å²) in [4.78, 5) is 0. The molecule has 0 amide bonds. The molecule has 0 bridgehead atoms. The van der Waals surface area contributed by atoms with Crippen molar-refractivity contribution in [1.29, 1.82) is 0 Å². The van der Waals surface area contributed by atoms with E-state index in [1.807, 2.05) is 0 Å². The molecule has 0 aromatic heterocycles. The van der Waals surface area contributed by atoms with Gasteiger partial charge in [-0.2, -0.15) is 9.90 Å². The van der Waals surface area contributed by atoms with Crippen LogP contribution >= 0.6 is 9.90 Å². The van der Waals surface area contributed by atoms with E-state index in [1.165, 1.54) is 11.1 Å². The summed E-state index contributed by atoms with van der Waals surface area (Å²) in [6.45, 7) is 2.10. The zero-order chi connectivity index (χ0) is 6.10. The van der Waals surface area contributed by atoms with Gasteiger partial charge in [-0.1, -0.05) is 24.3 Å². The van der Waals surface area contributed by atoms with Crippen LogP contribution in [0.15, 0.2) is 24.3 Å². The van der Waals surface area contributed by atoms with Gasteiger partial charge in [-0.3, -0.25) is 0 Å². The third kappa shape index (κ3) is 1.21. The highest BCUT2D eigenvalue weighted by Gasteiger charge is 2.06. The van der Waals surface area contributed by atoms with E-state index >= 15 is 0 Å². The Morgan fingerprint density at radius 2 is 1.50 bits per heavy atom. The molecule has 1 unspecified atom stereocenters. The Kier molecular flexibility index (Phi) is 2.42. The fraction of sp³-hybridized carbons (Fsp3) is 0.250. The van der Waals surface area contributed by atoms with E-state index in [-0.39, 0.29) is 9.90 Å². The average molecular weight is 153 g/mol. The van der Waals surface area contributed by atoms with E-state index in [0.717, 1.165) is 13.1 Å². The van der Waals surface area contributed by atoms with Crippen molar-refractivity contribution in [2.45, 2.75) is 13.1 Å². The lowest BCUT2D eigenvalue weighted by Gasteiger charge is -1.91. The van der Waals surface area contributed by atoms with Crippen LogP contribution in [0.5, 0.6) is 0 Å². The van der Waals surface area contributed by atoms with E-state index in [1.54, 1.807) is 0 Å². The van der Waals surface area contributed by atoms with Crippen molar-refractivity contribution >= 4 is 9.90 Å². The Morgan fingerprint density at radius 3 is 2.00 bits per heavy atom. The molecule has 0 saturated carbocycles. The second-order valence-electron chi connectivity index (χ2n) is 2.37. The van der Waals surface area contributed by atoms with Gasteiger partial charge in [0.2, 0.25) is 0 Å². The highest BCUT2D eigenvalue weighted by molar-refractivity contribution is 6.92. The molecule has 1 aromatic carbocycles. The molecular formula is C8H12NP. The normalized spacial score (nSPS) is 14.0. The molecule has 1 heterocycles. The lowest BCUT2D eigenvalue weighted by molar-refractivity contribution is 0.765. The number of nitrogens with one attached hydrogen (secondary N) is 1. The van der Waals surface area contributed by atoms with Crippen LogP contribution in [0.25, 0.3) is 0 Å². The summed E-state index contributed by atoms with van der Waals surface area (Å²) < 4.78 is 0. The minimum atomic E-state index is 0. The molecule has 0 fully saturated rings. The minimum absolute atomic E-state index is 0. The first-order chi connectivity index (χ1) is 4.47. The van der Waals surface area contributed by atoms with Crippen molar-refractivity contribution in [2.75, 3.05) is 0 Å². The van der Waals surface area contributed by atoms with Crippen molar-refractivity contribution in [2.24, 2.45) is 0 Å². The molecule has 1 N–H and O–H groups in total. The number of rotatable bonds is 0. The predicted molar refractivity (Wildman–Crippen MR) is 48.1 cm³/mol. The summed E-state index contributed by atoms with van der Waals surface area (Å²) in [7, 11) is 0. The molecule has 2 rings (SSSR count). The van der Waals surface area contributed by atoms with Crippen LogP contribution in [-0.2, 0) is 13.1 Å². The van der Waals surface area contributed by atoms with Gasteiger partial charge in [0.05, 0.1) is 0 Å². The first-order valence-corrected chi connectivity index (χ1v) is 3.24. The molecule has 0 aliphatic carbocycles. The van der Waals surface area contributed by atoms with E-state index in [9.17, 15) is 0 Å². The Morgan fingerprint density at radius 1 is 1.00 bits per heavy atom. The molecule has 54 valence electrons. The largest absolute Gasteiger partial charge is 0.309 e. The molecule has 1 aromatic rings. The van der Waals surface area contributed by atoms with E-state index in [0.29, 0.717) is 0 Å². The first kappa shape index (κ1) is 7.71. The van der Waals surface area contributed by atoms with Crippen LogP contribution in [0.1, 0.15) is 11.1 Å². The summed E-state index contributed by atoms with van der Waals surface area (Å²) in [5, 5.41) is 3.29. The van der Waals surface area contributed by atoms with E-state index in [4.69, 9.17) is 0 Å². The summed E-state index contributed by atoms with van der Waals surface area (Å²) in [5.74, 6) is 0. The van der Waals surface area contributed by atoms with Crippen LogP contribution in [0.2, 0.25) is 0 Å². The smallest absolute Gasteiger partial charge is 0.0211 e. The highest BCUT2D eigenvalue weighted by atomic mass is 31.0. The standard InChI is InChI=1S/C8H9N.H3P/c1-2-4-8-6-9-5-7(8)3-1;/h1-4,9H,5-6H2;1H3. The SMILES string of the molecule is P.c1ccc2c(c1)CNC2. The van der Waals surface area contributed by atoms with Gasteiger partial charge in [-0.05, 0) is 11.1 Å². The van der Waals surface area contributed by atoms with Crippen LogP contribution in [0.3, 0.4) is 0 Å². The molecule has 2 heteroatoms. The molecule has 1 aliphatic rings. The van der Waals surface area contributed by atoms with Gasteiger partial charge in [-0.25, -0.2) is 0 Å². The Hall–Kier alpha value is -0.390. The van der Waals surface area contributed by atoms with Gasteiger partial charge >= 0.3 is 0 Å². The number of benzene rings is 1. The number of fused-ring (bicyclic) bond motifs is 1. The maximum absolute atomic E-state index is 3.29. The van der Waals surface area contributed by atoms with Crippen molar-refractivity contribution in [3.05, 3.63) is 35.4 Å². The maximum Gasteiger partial charge on any atom is 0.0211 e. The van der Waals surface area contributed by atoms with Crippen LogP contribution in [0.4, 0.5) is 0 Å². The number of hydrogen-bond acceptors (Lipinski definition) is 1. The quantitative estimate of drug-likeness (QED) is 0.555. The summed E-state index contributed by atoms with van der Waals surface area (Å²) in [5.41, 5.74) is 2.91. The van der Waals surface area contributed by atoms with Crippen LogP contribution < -0.4 is 5.32 Å². The second-order valence-corrected chi connectivity index (χ2v) is 2.37. The average Bonchev–Trinajstić information content (AvgIpc) is 2.33. The van der Waals surface area contributed by atoms with Crippen molar-refractivity contribution in [3.63, 3.8) is 0 Å². The monoisotopic (exact) mass is 153 g/mol. The molecule has 10 heavy (non-hydrogen) atoms. The number of hydrogen-bond donors (Lipinski definition) is 1. The molecule has 0 saturated heterocycles. The Bertz CT molecular complexity index is 199. The summed E-state index contributed by atoms with van der Waals surface area (Å²) >= 11 is 0. The van der Waals surface area contributed by atoms with Crippen LogP contribution in [0, 0.1) is 0 Å². The third-order valence-electron chi connectivity index (χ3n) is 1.75. The molecule has 0 radical (unpaired) electrons. The molecular weight excluding hydrogens is 141 g/mol. The van der Waals surface area contributed by atoms with Crippen molar-refractivity contribution < 1.29 is 0 Å². The fourth-order valence-corrected chi connectivity index (χ4v) is 1.23.